The molecular formula is C15H27N2O2+. The molecule has 4 nitrogen and oxygen atoms in total. The maximum Gasteiger partial charge on any atom is 0.223 e. The molecule has 0 unspecified atom stereocenters. The molecule has 1 heterocycles. The van der Waals surface area contributed by atoms with Gasteiger partial charge in [0.15, 0.2) is 0 Å². The Kier molecular flexibility index (Phi) is 4.38. The second-order valence-electron chi connectivity index (χ2n) is 6.54. The summed E-state index contributed by atoms with van der Waals surface area (Å²) in [6.45, 7) is 6.07. The summed E-state index contributed by atoms with van der Waals surface area (Å²) in [6, 6.07) is 0. The Bertz CT molecular complexity index is 315. The van der Waals surface area contributed by atoms with E-state index in [0.29, 0.717) is 17.7 Å². The lowest BCUT2D eigenvalue weighted by molar-refractivity contribution is -0.908. The lowest BCUT2D eigenvalue weighted by atomic mass is 9.88. The van der Waals surface area contributed by atoms with Gasteiger partial charge in [-0.2, -0.15) is 0 Å². The van der Waals surface area contributed by atoms with Crippen LogP contribution in [-0.2, 0) is 9.53 Å². The van der Waals surface area contributed by atoms with Gasteiger partial charge in [-0.25, -0.2) is 0 Å². The zero-order valence-corrected chi connectivity index (χ0v) is 11.8. The van der Waals surface area contributed by atoms with E-state index in [4.69, 9.17) is 4.74 Å². The van der Waals surface area contributed by atoms with Crippen LogP contribution in [0.2, 0.25) is 0 Å². The van der Waals surface area contributed by atoms with Crippen LogP contribution in [0.4, 0.5) is 0 Å². The van der Waals surface area contributed by atoms with Gasteiger partial charge in [-0.15, -0.1) is 0 Å². The van der Waals surface area contributed by atoms with Gasteiger partial charge in [-0.1, -0.05) is 6.42 Å². The third-order valence-electron chi connectivity index (χ3n) is 5.28. The highest BCUT2D eigenvalue weighted by molar-refractivity contribution is 5.79. The number of hydrogen-bond acceptors (Lipinski definition) is 2. The fourth-order valence-corrected chi connectivity index (χ4v) is 4.16. The van der Waals surface area contributed by atoms with Crippen molar-refractivity contribution in [1.82, 2.24) is 5.32 Å². The molecular weight excluding hydrogens is 240 g/mol. The number of hydrogen-bond donors (Lipinski definition) is 2. The third kappa shape index (κ3) is 3.29. The first-order chi connectivity index (χ1) is 9.33. The lowest BCUT2D eigenvalue weighted by Gasteiger charge is -2.24. The van der Waals surface area contributed by atoms with Crippen LogP contribution >= 0.6 is 0 Å². The molecule has 3 rings (SSSR count). The van der Waals surface area contributed by atoms with Crippen LogP contribution in [0.5, 0.6) is 0 Å². The van der Waals surface area contributed by atoms with E-state index in [9.17, 15) is 4.79 Å². The molecule has 0 aromatic heterocycles. The lowest BCUT2D eigenvalue weighted by Crippen LogP contribution is -3.14. The van der Waals surface area contributed by atoms with Gasteiger partial charge in [0.1, 0.15) is 13.1 Å². The summed E-state index contributed by atoms with van der Waals surface area (Å²) in [6.07, 6.45) is 6.23. The predicted molar refractivity (Wildman–Crippen MR) is 72.9 cm³/mol. The van der Waals surface area contributed by atoms with E-state index in [1.165, 1.54) is 25.8 Å². The maximum absolute atomic E-state index is 12.1. The smallest absolute Gasteiger partial charge is 0.223 e. The molecule has 0 aromatic carbocycles. The summed E-state index contributed by atoms with van der Waals surface area (Å²) in [5, 5.41) is 3.17. The summed E-state index contributed by atoms with van der Waals surface area (Å²) in [7, 11) is 0. The second-order valence-corrected chi connectivity index (χ2v) is 6.54. The van der Waals surface area contributed by atoms with Crippen molar-refractivity contribution in [1.29, 1.82) is 0 Å². The number of rotatable bonds is 5. The summed E-state index contributed by atoms with van der Waals surface area (Å²) in [5.74, 6) is 2.24. The molecule has 0 aromatic rings. The molecule has 1 aliphatic heterocycles. The Morgan fingerprint density at radius 3 is 2.74 bits per heavy atom. The molecule has 3 fully saturated rings. The first-order valence-electron chi connectivity index (χ1n) is 8.02. The standard InChI is InChI=1S/C15H26N2O2/c18-15(14-11-12-2-3-13(14)10-12)16-4-1-5-17-6-8-19-9-7-17/h12-14H,1-11H2,(H,16,18)/p+1/t12-,13+,14+/m0/s1. The van der Waals surface area contributed by atoms with Crippen LogP contribution in [0.15, 0.2) is 0 Å². The maximum atomic E-state index is 12.1. The fourth-order valence-electron chi connectivity index (χ4n) is 4.16. The van der Waals surface area contributed by atoms with E-state index in [0.717, 1.165) is 51.6 Å². The molecule has 1 saturated heterocycles. The zero-order chi connectivity index (χ0) is 13.1. The minimum absolute atomic E-state index is 0.337. The normalized spacial score (nSPS) is 34.6. The minimum Gasteiger partial charge on any atom is -0.370 e. The Hall–Kier alpha value is -0.610. The van der Waals surface area contributed by atoms with Crippen LogP contribution in [0.3, 0.4) is 0 Å². The Morgan fingerprint density at radius 2 is 2.05 bits per heavy atom. The van der Waals surface area contributed by atoms with Gasteiger partial charge in [-0.05, 0) is 31.1 Å². The molecule has 3 atom stereocenters. The monoisotopic (exact) mass is 267 g/mol. The largest absolute Gasteiger partial charge is 0.370 e. The summed E-state index contributed by atoms with van der Waals surface area (Å²) in [4.78, 5) is 13.8. The molecule has 108 valence electrons. The predicted octanol–water partition coefficient (Wildman–Crippen LogP) is -0.156. The van der Waals surface area contributed by atoms with Crippen LogP contribution in [0, 0.1) is 17.8 Å². The number of nitrogens with one attached hydrogen (secondary N) is 2. The Morgan fingerprint density at radius 1 is 1.21 bits per heavy atom. The SMILES string of the molecule is O=C(NCCC[NH+]1CCOCC1)[C@@H]1C[C@H]2CC[C@@H]1C2. The average molecular weight is 267 g/mol. The van der Waals surface area contributed by atoms with Crippen molar-refractivity contribution < 1.29 is 14.4 Å². The van der Waals surface area contributed by atoms with Crippen LogP contribution in [0.1, 0.15) is 32.1 Å². The molecule has 3 aliphatic rings. The highest BCUT2D eigenvalue weighted by atomic mass is 16.5. The van der Waals surface area contributed by atoms with E-state index in [1.807, 2.05) is 0 Å². The number of carbonyl (C=O) groups excluding carboxylic acids is 1. The number of fused-ring (bicyclic) bond motifs is 2. The van der Waals surface area contributed by atoms with E-state index in [1.54, 1.807) is 4.90 Å². The van der Waals surface area contributed by atoms with Crippen molar-refractivity contribution in [2.24, 2.45) is 17.8 Å². The van der Waals surface area contributed by atoms with E-state index < -0.39 is 0 Å². The van der Waals surface area contributed by atoms with Crippen molar-refractivity contribution in [3.05, 3.63) is 0 Å². The van der Waals surface area contributed by atoms with Crippen molar-refractivity contribution in [2.45, 2.75) is 32.1 Å². The second kappa shape index (κ2) is 6.23. The van der Waals surface area contributed by atoms with Gasteiger partial charge in [0.2, 0.25) is 5.91 Å². The molecule has 0 spiro atoms. The molecule has 0 radical (unpaired) electrons. The molecule has 2 N–H and O–H groups in total. The summed E-state index contributed by atoms with van der Waals surface area (Å²) < 4.78 is 5.35. The average Bonchev–Trinajstić information content (AvgIpc) is 3.07. The molecule has 19 heavy (non-hydrogen) atoms. The highest BCUT2D eigenvalue weighted by Gasteiger charge is 2.42. The zero-order valence-electron chi connectivity index (χ0n) is 11.8. The Balaban J connectivity index is 1.30. The minimum atomic E-state index is 0.337. The van der Waals surface area contributed by atoms with Crippen molar-refractivity contribution in [2.75, 3.05) is 39.4 Å². The van der Waals surface area contributed by atoms with E-state index in [2.05, 4.69) is 5.32 Å². The first kappa shape index (κ1) is 13.4. The quantitative estimate of drug-likeness (QED) is 0.680. The van der Waals surface area contributed by atoms with Crippen molar-refractivity contribution >= 4 is 5.91 Å². The Labute approximate surface area is 115 Å². The highest BCUT2D eigenvalue weighted by Crippen LogP contribution is 2.48. The van der Waals surface area contributed by atoms with Crippen LogP contribution in [0.25, 0.3) is 0 Å². The molecule has 4 heteroatoms. The van der Waals surface area contributed by atoms with Crippen LogP contribution in [-0.4, -0.2) is 45.3 Å². The van der Waals surface area contributed by atoms with Crippen LogP contribution < -0.4 is 10.2 Å². The number of quaternary nitrogens is 1. The van der Waals surface area contributed by atoms with Crippen molar-refractivity contribution in [3.63, 3.8) is 0 Å². The molecule has 1 amide bonds. The molecule has 2 aliphatic carbocycles. The summed E-state index contributed by atoms with van der Waals surface area (Å²) >= 11 is 0. The number of carbonyl (C=O) groups is 1. The van der Waals surface area contributed by atoms with Gasteiger partial charge in [0, 0.05) is 18.9 Å². The van der Waals surface area contributed by atoms with Gasteiger partial charge >= 0.3 is 0 Å². The first-order valence-corrected chi connectivity index (χ1v) is 8.02. The van der Waals surface area contributed by atoms with Gasteiger partial charge in [0.05, 0.1) is 19.8 Å². The fraction of sp³-hybridized carbons (Fsp3) is 0.933. The van der Waals surface area contributed by atoms with Crippen molar-refractivity contribution in [3.8, 4) is 0 Å². The summed E-state index contributed by atoms with van der Waals surface area (Å²) in [5.41, 5.74) is 0. The number of morpholine rings is 1. The van der Waals surface area contributed by atoms with Gasteiger partial charge in [0.25, 0.3) is 0 Å². The van der Waals surface area contributed by atoms with Gasteiger partial charge < -0.3 is 15.0 Å². The molecule has 2 saturated carbocycles. The number of ether oxygens (including phenoxy) is 1. The number of amides is 1. The topological polar surface area (TPSA) is 42.8 Å². The third-order valence-corrected chi connectivity index (χ3v) is 5.28. The van der Waals surface area contributed by atoms with Gasteiger partial charge in [-0.3, -0.25) is 4.79 Å². The van der Waals surface area contributed by atoms with E-state index >= 15 is 0 Å². The molecule has 2 bridgehead atoms. The van der Waals surface area contributed by atoms with E-state index in [-0.39, 0.29) is 0 Å².